The van der Waals surface area contributed by atoms with Crippen molar-refractivity contribution in [3.63, 3.8) is 0 Å². The fraction of sp³-hybridized carbons (Fsp3) is 0.750. The topological polar surface area (TPSA) is 64.2 Å². The van der Waals surface area contributed by atoms with Crippen LogP contribution in [0, 0.1) is 23.0 Å². The van der Waals surface area contributed by atoms with Crippen molar-refractivity contribution in [2.24, 2.45) is 5.92 Å². The molecule has 1 aliphatic heterocycles. The van der Waals surface area contributed by atoms with Gasteiger partial charge in [-0.25, -0.2) is 0 Å². The van der Waals surface area contributed by atoms with Gasteiger partial charge < -0.3 is 10.1 Å². The zero-order chi connectivity index (χ0) is 15.6. The Hall–Kier alpha value is -1.64. The average Bonchev–Trinajstić information content (AvgIpc) is 2.71. The summed E-state index contributed by atoms with van der Waals surface area (Å²) in [6.07, 6.45) is -3.00. The molecule has 1 aromatic rings. The van der Waals surface area contributed by atoms with Crippen molar-refractivity contribution in [2.75, 3.05) is 19.6 Å². The smallest absolute Gasteiger partial charge is 0.358 e. The van der Waals surface area contributed by atoms with Crippen molar-refractivity contribution in [1.29, 1.82) is 0 Å². The van der Waals surface area contributed by atoms with Crippen molar-refractivity contribution in [3.05, 3.63) is 21.9 Å². The van der Waals surface area contributed by atoms with Gasteiger partial charge in [0.1, 0.15) is 6.54 Å². The SMILES string of the molecule is Cc1cc([N+](=O)[O-])n(CC2CCN(CC(F)(F)F)CC2)n1. The minimum atomic E-state index is -4.18. The Morgan fingerprint density at radius 1 is 1.43 bits per heavy atom. The molecule has 1 aliphatic rings. The number of aromatic nitrogens is 2. The van der Waals surface area contributed by atoms with Gasteiger partial charge in [0, 0.05) is 5.92 Å². The molecule has 0 bridgehead atoms. The Kier molecular flexibility index (Phi) is 4.50. The molecule has 21 heavy (non-hydrogen) atoms. The van der Waals surface area contributed by atoms with Crippen molar-refractivity contribution >= 4 is 5.82 Å². The fourth-order valence-electron chi connectivity index (χ4n) is 2.64. The minimum absolute atomic E-state index is 0.0646. The second-order valence-electron chi connectivity index (χ2n) is 5.42. The van der Waals surface area contributed by atoms with Gasteiger partial charge in [-0.1, -0.05) is 5.10 Å². The number of halogens is 3. The maximum atomic E-state index is 12.3. The maximum Gasteiger partial charge on any atom is 0.401 e. The Morgan fingerprint density at radius 2 is 2.05 bits per heavy atom. The maximum absolute atomic E-state index is 12.3. The first-order valence-corrected chi connectivity index (χ1v) is 6.72. The van der Waals surface area contributed by atoms with Crippen molar-refractivity contribution in [2.45, 2.75) is 32.5 Å². The molecule has 0 saturated carbocycles. The molecule has 6 nitrogen and oxygen atoms in total. The number of hydrogen-bond acceptors (Lipinski definition) is 4. The summed E-state index contributed by atoms with van der Waals surface area (Å²) in [6.45, 7) is 1.89. The highest BCUT2D eigenvalue weighted by molar-refractivity contribution is 5.22. The molecular formula is C12H17F3N4O2. The lowest BCUT2D eigenvalue weighted by atomic mass is 9.97. The number of aryl methyl sites for hydroxylation is 1. The molecule has 1 saturated heterocycles. The Morgan fingerprint density at radius 3 is 2.57 bits per heavy atom. The van der Waals surface area contributed by atoms with Crippen molar-refractivity contribution in [3.8, 4) is 0 Å². The number of likely N-dealkylation sites (tertiary alicyclic amines) is 1. The molecule has 118 valence electrons. The van der Waals surface area contributed by atoms with Gasteiger partial charge in [-0.15, -0.1) is 4.68 Å². The number of piperidine rings is 1. The lowest BCUT2D eigenvalue weighted by Crippen LogP contribution is -2.40. The second-order valence-corrected chi connectivity index (χ2v) is 5.42. The lowest BCUT2D eigenvalue weighted by Gasteiger charge is -2.31. The normalized spacial score (nSPS) is 18.1. The van der Waals surface area contributed by atoms with E-state index in [0.29, 0.717) is 38.2 Å². The van der Waals surface area contributed by atoms with Crippen LogP contribution in [0.3, 0.4) is 0 Å². The summed E-state index contributed by atoms with van der Waals surface area (Å²) in [4.78, 5) is 11.8. The highest BCUT2D eigenvalue weighted by Crippen LogP contribution is 2.25. The molecule has 0 radical (unpaired) electrons. The van der Waals surface area contributed by atoms with Gasteiger partial charge in [-0.05, 0) is 37.8 Å². The van der Waals surface area contributed by atoms with E-state index in [1.807, 2.05) is 0 Å². The Bertz CT molecular complexity index is 507. The van der Waals surface area contributed by atoms with Gasteiger partial charge in [-0.2, -0.15) is 13.2 Å². The standard InChI is InChI=1S/C12H17F3N4O2/c1-9-6-11(19(20)21)18(16-9)7-10-2-4-17(5-3-10)8-12(13,14)15/h6,10H,2-5,7-8H2,1H3. The van der Waals surface area contributed by atoms with E-state index in [1.54, 1.807) is 6.92 Å². The summed E-state index contributed by atoms with van der Waals surface area (Å²) in [6, 6.07) is 1.40. The Balaban J connectivity index is 1.91. The van der Waals surface area contributed by atoms with Crippen LogP contribution in [-0.4, -0.2) is 45.4 Å². The van der Waals surface area contributed by atoms with Crippen molar-refractivity contribution < 1.29 is 18.1 Å². The van der Waals surface area contributed by atoms with Crippen LogP contribution in [0.25, 0.3) is 0 Å². The third-order valence-corrected chi connectivity index (χ3v) is 3.61. The molecule has 0 unspecified atom stereocenters. The first kappa shape index (κ1) is 15.7. The molecular weight excluding hydrogens is 289 g/mol. The van der Waals surface area contributed by atoms with E-state index in [2.05, 4.69) is 5.10 Å². The van der Waals surface area contributed by atoms with E-state index < -0.39 is 17.6 Å². The van der Waals surface area contributed by atoms with Crippen molar-refractivity contribution in [1.82, 2.24) is 14.7 Å². The lowest BCUT2D eigenvalue weighted by molar-refractivity contribution is -0.392. The summed E-state index contributed by atoms with van der Waals surface area (Å²) in [7, 11) is 0. The summed E-state index contributed by atoms with van der Waals surface area (Å²) in [5.41, 5.74) is 0.566. The van der Waals surface area contributed by atoms with E-state index in [4.69, 9.17) is 0 Å². The van der Waals surface area contributed by atoms with Gasteiger partial charge in [0.05, 0.1) is 18.3 Å². The highest BCUT2D eigenvalue weighted by Gasteiger charge is 2.33. The molecule has 2 heterocycles. The van der Waals surface area contributed by atoms with Gasteiger partial charge in [0.2, 0.25) is 0 Å². The van der Waals surface area contributed by atoms with Crippen LogP contribution in [0.1, 0.15) is 18.5 Å². The first-order valence-electron chi connectivity index (χ1n) is 6.72. The van der Waals surface area contributed by atoms with Gasteiger partial charge in [0.25, 0.3) is 0 Å². The molecule has 0 atom stereocenters. The molecule has 2 rings (SSSR count). The van der Waals surface area contributed by atoms with Crippen LogP contribution in [0.5, 0.6) is 0 Å². The van der Waals surface area contributed by atoms with Crippen LogP contribution < -0.4 is 0 Å². The highest BCUT2D eigenvalue weighted by atomic mass is 19.4. The fourth-order valence-corrected chi connectivity index (χ4v) is 2.64. The van der Waals surface area contributed by atoms with E-state index in [9.17, 15) is 23.3 Å². The quantitative estimate of drug-likeness (QED) is 0.633. The zero-order valence-corrected chi connectivity index (χ0v) is 11.6. The number of hydrogen-bond donors (Lipinski definition) is 0. The predicted octanol–water partition coefficient (Wildman–Crippen LogP) is 2.37. The molecule has 9 heteroatoms. The van der Waals surface area contributed by atoms with Crippen LogP contribution in [0.2, 0.25) is 0 Å². The number of nitrogens with zero attached hydrogens (tertiary/aromatic N) is 4. The van der Waals surface area contributed by atoms with E-state index in [0.717, 1.165) is 0 Å². The van der Waals surface area contributed by atoms with Crippen LogP contribution in [0.4, 0.5) is 19.0 Å². The molecule has 0 aromatic carbocycles. The number of rotatable bonds is 4. The zero-order valence-electron chi connectivity index (χ0n) is 11.6. The summed E-state index contributed by atoms with van der Waals surface area (Å²) >= 11 is 0. The first-order chi connectivity index (χ1) is 9.74. The third-order valence-electron chi connectivity index (χ3n) is 3.61. The number of nitro groups is 1. The van der Waals surface area contributed by atoms with Gasteiger partial charge >= 0.3 is 12.0 Å². The van der Waals surface area contributed by atoms with E-state index >= 15 is 0 Å². The van der Waals surface area contributed by atoms with E-state index in [-0.39, 0.29) is 11.7 Å². The molecule has 1 aromatic heterocycles. The molecule has 1 fully saturated rings. The van der Waals surface area contributed by atoms with Crippen LogP contribution in [0.15, 0.2) is 6.07 Å². The molecule has 0 amide bonds. The largest absolute Gasteiger partial charge is 0.401 e. The monoisotopic (exact) mass is 306 g/mol. The molecule has 0 aliphatic carbocycles. The summed E-state index contributed by atoms with van der Waals surface area (Å²) < 4.78 is 38.2. The molecule has 0 N–H and O–H groups in total. The summed E-state index contributed by atoms with van der Waals surface area (Å²) in [5.74, 6) is 0.0534. The van der Waals surface area contributed by atoms with Crippen LogP contribution in [-0.2, 0) is 6.54 Å². The average molecular weight is 306 g/mol. The van der Waals surface area contributed by atoms with E-state index in [1.165, 1.54) is 15.6 Å². The number of alkyl halides is 3. The predicted molar refractivity (Wildman–Crippen MR) is 68.8 cm³/mol. The third kappa shape index (κ3) is 4.42. The summed E-state index contributed by atoms with van der Waals surface area (Å²) in [5, 5.41) is 15.0. The second kappa shape index (κ2) is 6.00. The van der Waals surface area contributed by atoms with Gasteiger partial charge in [0.15, 0.2) is 0 Å². The van der Waals surface area contributed by atoms with Crippen LogP contribution >= 0.6 is 0 Å². The minimum Gasteiger partial charge on any atom is -0.358 e. The molecule has 0 spiro atoms. The Labute approximate surface area is 119 Å². The van der Waals surface area contributed by atoms with Gasteiger partial charge in [-0.3, -0.25) is 4.90 Å².